The van der Waals surface area contributed by atoms with Crippen molar-refractivity contribution in [3.8, 4) is 5.88 Å². The van der Waals surface area contributed by atoms with Crippen LogP contribution >= 0.6 is 24.0 Å². The van der Waals surface area contributed by atoms with Crippen LogP contribution < -0.4 is 20.3 Å². The van der Waals surface area contributed by atoms with Gasteiger partial charge in [0.2, 0.25) is 5.88 Å². The Balaban J connectivity index is 0.00000261. The molecule has 146 valence electrons. The third-order valence-electron chi connectivity index (χ3n) is 4.42. The zero-order valence-corrected chi connectivity index (χ0v) is 18.2. The molecular formula is C20H28IN5O. The molecule has 1 aliphatic rings. The van der Waals surface area contributed by atoms with Crippen molar-refractivity contribution >= 4 is 35.6 Å². The number of aromatic nitrogens is 1. The predicted octanol–water partition coefficient (Wildman–Crippen LogP) is 3.04. The Morgan fingerprint density at radius 2 is 2.07 bits per heavy atom. The van der Waals surface area contributed by atoms with E-state index in [-0.39, 0.29) is 24.0 Å². The topological polar surface area (TPSA) is 61.8 Å². The first-order valence-corrected chi connectivity index (χ1v) is 9.12. The van der Waals surface area contributed by atoms with Crippen LogP contribution in [-0.4, -0.2) is 43.7 Å². The van der Waals surface area contributed by atoms with E-state index in [1.165, 1.54) is 5.69 Å². The van der Waals surface area contributed by atoms with Crippen LogP contribution in [-0.2, 0) is 6.54 Å². The molecule has 1 saturated heterocycles. The molecule has 0 aliphatic carbocycles. The van der Waals surface area contributed by atoms with Crippen molar-refractivity contribution in [2.75, 3.05) is 31.6 Å². The molecule has 0 amide bonds. The largest absolute Gasteiger partial charge is 0.481 e. The second kappa shape index (κ2) is 11.0. The summed E-state index contributed by atoms with van der Waals surface area (Å²) in [4.78, 5) is 11.3. The SMILES string of the molecule is CCNC(=NCc1ccc(OC)nc1)NC1CCN(c2ccccc2)C1.I. The molecule has 27 heavy (non-hydrogen) atoms. The molecule has 1 aromatic heterocycles. The maximum absolute atomic E-state index is 5.09. The zero-order valence-electron chi connectivity index (χ0n) is 15.9. The van der Waals surface area contributed by atoms with Crippen LogP contribution in [0.15, 0.2) is 53.7 Å². The maximum Gasteiger partial charge on any atom is 0.212 e. The molecule has 1 aliphatic heterocycles. The number of hydrogen-bond donors (Lipinski definition) is 2. The van der Waals surface area contributed by atoms with Crippen LogP contribution in [0, 0.1) is 0 Å². The lowest BCUT2D eigenvalue weighted by Gasteiger charge is -2.20. The maximum atomic E-state index is 5.09. The number of halogens is 1. The van der Waals surface area contributed by atoms with Gasteiger partial charge >= 0.3 is 0 Å². The number of nitrogens with zero attached hydrogens (tertiary/aromatic N) is 3. The molecule has 2 heterocycles. The highest BCUT2D eigenvalue weighted by molar-refractivity contribution is 14.0. The number of aliphatic imine (C=N–C) groups is 1. The summed E-state index contributed by atoms with van der Waals surface area (Å²) in [6.45, 7) is 5.54. The van der Waals surface area contributed by atoms with E-state index in [0.717, 1.165) is 37.6 Å². The van der Waals surface area contributed by atoms with E-state index in [1.807, 2.05) is 12.1 Å². The number of guanidine groups is 1. The Hall–Kier alpha value is -2.03. The minimum atomic E-state index is 0. The lowest BCUT2D eigenvalue weighted by atomic mass is 10.2. The predicted molar refractivity (Wildman–Crippen MR) is 121 cm³/mol. The smallest absolute Gasteiger partial charge is 0.212 e. The van der Waals surface area contributed by atoms with Crippen LogP contribution in [0.1, 0.15) is 18.9 Å². The number of methoxy groups -OCH3 is 1. The van der Waals surface area contributed by atoms with Crippen molar-refractivity contribution in [2.45, 2.75) is 25.9 Å². The Kier molecular flexibility index (Phi) is 8.63. The van der Waals surface area contributed by atoms with Crippen LogP contribution in [0.2, 0.25) is 0 Å². The van der Waals surface area contributed by atoms with Gasteiger partial charge in [0.1, 0.15) is 0 Å². The molecule has 6 nitrogen and oxygen atoms in total. The number of nitrogens with one attached hydrogen (secondary N) is 2. The minimum absolute atomic E-state index is 0. The standard InChI is InChI=1S/C20H27N5O.HI/c1-3-21-20(23-14-16-9-10-19(26-2)22-13-16)24-17-11-12-25(15-17)18-7-5-4-6-8-18;/h4-10,13,17H,3,11-12,14-15H2,1-2H3,(H2,21,23,24);1H. The van der Waals surface area contributed by atoms with Gasteiger partial charge in [0, 0.05) is 43.6 Å². The van der Waals surface area contributed by atoms with Gasteiger partial charge in [0.05, 0.1) is 13.7 Å². The normalized spacial score (nSPS) is 16.6. The average Bonchev–Trinajstić information content (AvgIpc) is 3.16. The minimum Gasteiger partial charge on any atom is -0.481 e. The van der Waals surface area contributed by atoms with Gasteiger partial charge in [-0.3, -0.25) is 0 Å². The number of benzene rings is 1. The van der Waals surface area contributed by atoms with Gasteiger partial charge in [0.15, 0.2) is 5.96 Å². The molecule has 0 saturated carbocycles. The first kappa shape index (κ1) is 21.3. The Morgan fingerprint density at radius 3 is 2.74 bits per heavy atom. The van der Waals surface area contributed by atoms with Crippen molar-refractivity contribution < 1.29 is 4.74 Å². The van der Waals surface area contributed by atoms with E-state index in [0.29, 0.717) is 18.5 Å². The molecule has 0 radical (unpaired) electrons. The third kappa shape index (κ3) is 6.27. The van der Waals surface area contributed by atoms with E-state index in [9.17, 15) is 0 Å². The highest BCUT2D eigenvalue weighted by Gasteiger charge is 2.23. The Morgan fingerprint density at radius 1 is 1.26 bits per heavy atom. The average molecular weight is 481 g/mol. The van der Waals surface area contributed by atoms with Gasteiger partial charge in [-0.25, -0.2) is 9.98 Å². The van der Waals surface area contributed by atoms with Crippen LogP contribution in [0.4, 0.5) is 5.69 Å². The fourth-order valence-corrected chi connectivity index (χ4v) is 3.06. The number of pyridine rings is 1. The van der Waals surface area contributed by atoms with Crippen LogP contribution in [0.3, 0.4) is 0 Å². The van der Waals surface area contributed by atoms with Crippen molar-refractivity contribution in [3.05, 3.63) is 54.2 Å². The summed E-state index contributed by atoms with van der Waals surface area (Å²) in [5.41, 5.74) is 2.34. The molecule has 1 unspecified atom stereocenters. The van der Waals surface area contributed by atoms with E-state index >= 15 is 0 Å². The highest BCUT2D eigenvalue weighted by atomic mass is 127. The molecule has 2 aromatic rings. The summed E-state index contributed by atoms with van der Waals surface area (Å²) in [6.07, 6.45) is 2.90. The van der Waals surface area contributed by atoms with Gasteiger partial charge in [-0.1, -0.05) is 24.3 Å². The molecule has 0 bridgehead atoms. The molecule has 2 N–H and O–H groups in total. The third-order valence-corrected chi connectivity index (χ3v) is 4.42. The zero-order chi connectivity index (χ0) is 18.2. The van der Waals surface area contributed by atoms with Crippen molar-refractivity contribution in [3.63, 3.8) is 0 Å². The van der Waals surface area contributed by atoms with E-state index < -0.39 is 0 Å². The van der Waals surface area contributed by atoms with E-state index in [4.69, 9.17) is 9.73 Å². The fraction of sp³-hybridized carbons (Fsp3) is 0.400. The molecular weight excluding hydrogens is 453 g/mol. The van der Waals surface area contributed by atoms with Gasteiger partial charge < -0.3 is 20.3 Å². The van der Waals surface area contributed by atoms with E-state index in [2.05, 4.69) is 57.8 Å². The lowest BCUT2D eigenvalue weighted by molar-refractivity contribution is 0.397. The molecule has 1 aromatic carbocycles. The highest BCUT2D eigenvalue weighted by Crippen LogP contribution is 2.19. The lowest BCUT2D eigenvalue weighted by Crippen LogP contribution is -2.44. The number of para-hydroxylation sites is 1. The second-order valence-electron chi connectivity index (χ2n) is 6.32. The monoisotopic (exact) mass is 481 g/mol. The van der Waals surface area contributed by atoms with Gasteiger partial charge in [-0.15, -0.1) is 24.0 Å². The molecule has 7 heteroatoms. The fourth-order valence-electron chi connectivity index (χ4n) is 3.06. The van der Waals surface area contributed by atoms with Crippen molar-refractivity contribution in [1.82, 2.24) is 15.6 Å². The second-order valence-corrected chi connectivity index (χ2v) is 6.32. The molecule has 3 rings (SSSR count). The summed E-state index contributed by atoms with van der Waals surface area (Å²) in [5.74, 6) is 1.47. The molecule has 1 atom stereocenters. The summed E-state index contributed by atoms with van der Waals surface area (Å²) in [6, 6.07) is 14.8. The van der Waals surface area contributed by atoms with Crippen molar-refractivity contribution in [2.24, 2.45) is 4.99 Å². The summed E-state index contributed by atoms with van der Waals surface area (Å²) < 4.78 is 5.09. The number of ether oxygens (including phenoxy) is 1. The summed E-state index contributed by atoms with van der Waals surface area (Å²) in [5, 5.41) is 6.89. The van der Waals surface area contributed by atoms with Gasteiger partial charge in [-0.05, 0) is 31.0 Å². The Bertz CT molecular complexity index is 708. The first-order chi connectivity index (χ1) is 12.8. The van der Waals surface area contributed by atoms with Crippen LogP contribution in [0.25, 0.3) is 0 Å². The number of anilines is 1. The van der Waals surface area contributed by atoms with Crippen molar-refractivity contribution in [1.29, 1.82) is 0 Å². The Labute approximate surface area is 178 Å². The molecule has 1 fully saturated rings. The van der Waals surface area contributed by atoms with E-state index in [1.54, 1.807) is 13.3 Å². The first-order valence-electron chi connectivity index (χ1n) is 9.12. The number of rotatable bonds is 6. The summed E-state index contributed by atoms with van der Waals surface area (Å²) >= 11 is 0. The van der Waals surface area contributed by atoms with Gasteiger partial charge in [0.25, 0.3) is 0 Å². The van der Waals surface area contributed by atoms with Crippen LogP contribution in [0.5, 0.6) is 5.88 Å². The van der Waals surface area contributed by atoms with Gasteiger partial charge in [-0.2, -0.15) is 0 Å². The summed E-state index contributed by atoms with van der Waals surface area (Å²) in [7, 11) is 1.62. The quantitative estimate of drug-likeness (QED) is 0.378. The number of hydrogen-bond acceptors (Lipinski definition) is 4. The molecule has 0 spiro atoms.